The molecule has 0 bridgehead atoms. The molecular weight excluding hydrogens is 266 g/mol. The summed E-state index contributed by atoms with van der Waals surface area (Å²) in [5, 5.41) is 8.79. The van der Waals surface area contributed by atoms with Crippen molar-refractivity contribution in [1.82, 2.24) is 4.90 Å². The van der Waals surface area contributed by atoms with Gasteiger partial charge in [-0.25, -0.2) is 0 Å². The van der Waals surface area contributed by atoms with Gasteiger partial charge >= 0.3 is 5.97 Å². The molecule has 4 heteroatoms. The summed E-state index contributed by atoms with van der Waals surface area (Å²) in [5.74, 6) is 1.04. The molecule has 2 rings (SSSR count). The lowest BCUT2D eigenvalue weighted by Gasteiger charge is -2.36. The minimum atomic E-state index is -0.726. The highest BCUT2D eigenvalue weighted by atomic mass is 16.4. The van der Waals surface area contributed by atoms with Crippen LogP contribution >= 0.6 is 0 Å². The average molecular weight is 295 g/mol. The minimum absolute atomic E-state index is 0.228. The van der Waals surface area contributed by atoms with Crippen LogP contribution in [0.15, 0.2) is 0 Å². The molecule has 1 atom stereocenters. The molecule has 1 amide bonds. The van der Waals surface area contributed by atoms with E-state index >= 15 is 0 Å². The predicted octanol–water partition coefficient (Wildman–Crippen LogP) is 3.31. The van der Waals surface area contributed by atoms with Gasteiger partial charge in [0.15, 0.2) is 0 Å². The van der Waals surface area contributed by atoms with E-state index in [2.05, 4.69) is 6.92 Å². The van der Waals surface area contributed by atoms with Crippen LogP contribution in [0.25, 0.3) is 0 Å². The van der Waals surface area contributed by atoms with Gasteiger partial charge in [-0.1, -0.05) is 13.3 Å². The van der Waals surface area contributed by atoms with Crippen molar-refractivity contribution >= 4 is 11.9 Å². The largest absolute Gasteiger partial charge is 0.481 e. The standard InChI is InChI=1S/C17H29NO3/c1-2-13-5-8-15(9-6-13)17(21)18-11-3-4-14(12-18)7-10-16(19)20/h13-15H,2-12H2,1H3,(H,19,20). The van der Waals surface area contributed by atoms with Crippen molar-refractivity contribution < 1.29 is 14.7 Å². The van der Waals surface area contributed by atoms with Crippen LogP contribution in [0.1, 0.15) is 64.7 Å². The van der Waals surface area contributed by atoms with Gasteiger partial charge in [-0.2, -0.15) is 0 Å². The zero-order valence-corrected chi connectivity index (χ0v) is 13.2. The highest BCUT2D eigenvalue weighted by Gasteiger charge is 2.31. The lowest BCUT2D eigenvalue weighted by molar-refractivity contribution is -0.139. The zero-order valence-electron chi connectivity index (χ0n) is 13.2. The van der Waals surface area contributed by atoms with Crippen LogP contribution in [0.2, 0.25) is 0 Å². The summed E-state index contributed by atoms with van der Waals surface area (Å²) in [6.07, 6.45) is 8.77. The first-order chi connectivity index (χ1) is 10.1. The van der Waals surface area contributed by atoms with Crippen LogP contribution in [-0.2, 0) is 9.59 Å². The molecule has 1 aliphatic carbocycles. The highest BCUT2D eigenvalue weighted by Crippen LogP contribution is 2.33. The Morgan fingerprint density at radius 2 is 1.81 bits per heavy atom. The number of carbonyl (C=O) groups is 2. The van der Waals surface area contributed by atoms with E-state index in [-0.39, 0.29) is 12.3 Å². The van der Waals surface area contributed by atoms with Gasteiger partial charge in [0.25, 0.3) is 0 Å². The number of piperidine rings is 1. The number of amides is 1. The number of rotatable bonds is 5. The molecule has 0 spiro atoms. The Labute approximate surface area is 127 Å². The maximum absolute atomic E-state index is 12.6. The van der Waals surface area contributed by atoms with Crippen LogP contribution in [0.5, 0.6) is 0 Å². The quantitative estimate of drug-likeness (QED) is 0.846. The molecule has 21 heavy (non-hydrogen) atoms. The third kappa shape index (κ3) is 4.72. The summed E-state index contributed by atoms with van der Waals surface area (Å²) < 4.78 is 0. The summed E-state index contributed by atoms with van der Waals surface area (Å²) >= 11 is 0. The van der Waals surface area contributed by atoms with Crippen LogP contribution in [0.4, 0.5) is 0 Å². The molecular formula is C17H29NO3. The van der Waals surface area contributed by atoms with E-state index in [0.717, 1.165) is 44.7 Å². The third-order valence-corrected chi connectivity index (χ3v) is 5.37. The summed E-state index contributed by atoms with van der Waals surface area (Å²) in [6.45, 7) is 3.89. The van der Waals surface area contributed by atoms with Gasteiger partial charge in [0.2, 0.25) is 5.91 Å². The van der Waals surface area contributed by atoms with Gasteiger partial charge in [-0.15, -0.1) is 0 Å². The molecule has 0 radical (unpaired) electrons. The Kier molecular flexibility index (Phi) is 6.07. The first-order valence-corrected chi connectivity index (χ1v) is 8.60. The number of carboxylic acids is 1. The summed E-state index contributed by atoms with van der Waals surface area (Å²) in [6, 6.07) is 0. The Morgan fingerprint density at radius 3 is 2.43 bits per heavy atom. The van der Waals surface area contributed by atoms with Crippen molar-refractivity contribution in [2.45, 2.75) is 64.7 Å². The molecule has 4 nitrogen and oxygen atoms in total. The number of nitrogens with zero attached hydrogens (tertiary/aromatic N) is 1. The van der Waals surface area contributed by atoms with Gasteiger partial charge in [0, 0.05) is 25.4 Å². The predicted molar refractivity (Wildman–Crippen MR) is 81.9 cm³/mol. The number of hydrogen-bond donors (Lipinski definition) is 1. The molecule has 0 aromatic rings. The van der Waals surface area contributed by atoms with Crippen molar-refractivity contribution in [1.29, 1.82) is 0 Å². The fourth-order valence-corrected chi connectivity index (χ4v) is 3.90. The zero-order chi connectivity index (χ0) is 15.2. The second-order valence-electron chi connectivity index (χ2n) is 6.85. The Bertz CT molecular complexity index is 361. The van der Waals surface area contributed by atoms with Gasteiger partial charge in [0.1, 0.15) is 0 Å². The first-order valence-electron chi connectivity index (χ1n) is 8.60. The van der Waals surface area contributed by atoms with Crippen molar-refractivity contribution in [3.63, 3.8) is 0 Å². The van der Waals surface area contributed by atoms with E-state index in [9.17, 15) is 9.59 Å². The molecule has 1 aliphatic heterocycles. The molecule has 2 aliphatic rings. The second kappa shape index (κ2) is 7.81. The number of carboxylic acid groups (broad SMARTS) is 1. The average Bonchev–Trinajstić information content (AvgIpc) is 2.52. The maximum atomic E-state index is 12.6. The van der Waals surface area contributed by atoms with Crippen molar-refractivity contribution in [2.24, 2.45) is 17.8 Å². The van der Waals surface area contributed by atoms with E-state index in [0.29, 0.717) is 18.2 Å². The summed E-state index contributed by atoms with van der Waals surface area (Å²) in [5.41, 5.74) is 0. The van der Waals surface area contributed by atoms with E-state index in [1.54, 1.807) is 0 Å². The first kappa shape index (κ1) is 16.3. The topological polar surface area (TPSA) is 57.6 Å². The molecule has 1 saturated carbocycles. The van der Waals surface area contributed by atoms with Crippen LogP contribution in [0.3, 0.4) is 0 Å². The van der Waals surface area contributed by atoms with Gasteiger partial charge in [-0.3, -0.25) is 9.59 Å². The molecule has 1 unspecified atom stereocenters. The van der Waals surface area contributed by atoms with Gasteiger partial charge < -0.3 is 10.0 Å². The van der Waals surface area contributed by atoms with Crippen molar-refractivity contribution in [3.8, 4) is 0 Å². The highest BCUT2D eigenvalue weighted by molar-refractivity contribution is 5.79. The van der Waals surface area contributed by atoms with Crippen LogP contribution in [0, 0.1) is 17.8 Å². The number of carbonyl (C=O) groups excluding carboxylic acids is 1. The maximum Gasteiger partial charge on any atom is 0.303 e. The number of likely N-dealkylation sites (tertiary alicyclic amines) is 1. The molecule has 1 heterocycles. The van der Waals surface area contributed by atoms with E-state index in [1.165, 1.54) is 19.3 Å². The lowest BCUT2D eigenvalue weighted by Crippen LogP contribution is -2.43. The van der Waals surface area contributed by atoms with E-state index in [4.69, 9.17) is 5.11 Å². The Balaban J connectivity index is 1.80. The van der Waals surface area contributed by atoms with Gasteiger partial charge in [-0.05, 0) is 56.8 Å². The molecule has 120 valence electrons. The molecule has 2 fully saturated rings. The Morgan fingerprint density at radius 1 is 1.10 bits per heavy atom. The Hall–Kier alpha value is -1.06. The molecule has 1 saturated heterocycles. The number of hydrogen-bond acceptors (Lipinski definition) is 2. The fraction of sp³-hybridized carbons (Fsp3) is 0.882. The minimum Gasteiger partial charge on any atom is -0.481 e. The van der Waals surface area contributed by atoms with Crippen LogP contribution in [-0.4, -0.2) is 35.0 Å². The van der Waals surface area contributed by atoms with E-state index < -0.39 is 5.97 Å². The van der Waals surface area contributed by atoms with E-state index in [1.807, 2.05) is 4.90 Å². The smallest absolute Gasteiger partial charge is 0.303 e. The normalized spacial score (nSPS) is 30.1. The summed E-state index contributed by atoms with van der Waals surface area (Å²) in [7, 11) is 0. The third-order valence-electron chi connectivity index (χ3n) is 5.37. The SMILES string of the molecule is CCC1CCC(C(=O)N2CCCC(CCC(=O)O)C2)CC1. The van der Waals surface area contributed by atoms with Gasteiger partial charge in [0.05, 0.1) is 0 Å². The van der Waals surface area contributed by atoms with Crippen molar-refractivity contribution in [3.05, 3.63) is 0 Å². The van der Waals surface area contributed by atoms with Crippen molar-refractivity contribution in [2.75, 3.05) is 13.1 Å². The lowest BCUT2D eigenvalue weighted by atomic mass is 9.80. The fourth-order valence-electron chi connectivity index (χ4n) is 3.90. The van der Waals surface area contributed by atoms with Crippen LogP contribution < -0.4 is 0 Å². The number of aliphatic carboxylic acids is 1. The molecule has 1 N–H and O–H groups in total. The summed E-state index contributed by atoms with van der Waals surface area (Å²) in [4.78, 5) is 25.3. The molecule has 0 aromatic carbocycles. The second-order valence-corrected chi connectivity index (χ2v) is 6.85. The molecule has 0 aromatic heterocycles. The monoisotopic (exact) mass is 295 g/mol.